The monoisotopic (exact) mass is 145 g/mol. The molecule has 0 aromatic rings. The lowest BCUT2D eigenvalue weighted by atomic mass is 10.1. The number of methoxy groups -OCH3 is 1. The predicted molar refractivity (Wildman–Crippen MR) is 36.1 cm³/mol. The summed E-state index contributed by atoms with van der Waals surface area (Å²) in [7, 11) is 1.25. The van der Waals surface area contributed by atoms with Crippen LogP contribution in [0.4, 0.5) is 0 Å². The molecule has 4 nitrogen and oxygen atoms in total. The van der Waals surface area contributed by atoms with E-state index in [-0.39, 0.29) is 11.6 Å². The van der Waals surface area contributed by atoms with Gasteiger partial charge in [-0.2, -0.15) is 0 Å². The van der Waals surface area contributed by atoms with Gasteiger partial charge in [-0.05, 0) is 0 Å². The molecular formula is C6H11NO3. The first-order valence-corrected chi connectivity index (χ1v) is 2.93. The van der Waals surface area contributed by atoms with Gasteiger partial charge in [0.25, 0.3) is 0 Å². The van der Waals surface area contributed by atoms with E-state index in [1.54, 1.807) is 13.8 Å². The fraction of sp³-hybridized carbons (Fsp3) is 0.667. The van der Waals surface area contributed by atoms with Gasteiger partial charge in [-0.1, -0.05) is 19.0 Å². The molecule has 1 N–H and O–H groups in total. The van der Waals surface area contributed by atoms with E-state index >= 15 is 0 Å². The highest BCUT2D eigenvalue weighted by molar-refractivity contribution is 6.36. The molecule has 0 aliphatic rings. The van der Waals surface area contributed by atoms with Crippen LogP contribution in [0.15, 0.2) is 5.16 Å². The van der Waals surface area contributed by atoms with Crippen molar-refractivity contribution in [2.75, 3.05) is 7.11 Å². The zero-order valence-electron chi connectivity index (χ0n) is 6.29. The van der Waals surface area contributed by atoms with Gasteiger partial charge in [0.05, 0.1) is 7.11 Å². The Morgan fingerprint density at radius 1 is 1.60 bits per heavy atom. The highest BCUT2D eigenvalue weighted by Crippen LogP contribution is 1.97. The fourth-order valence-corrected chi connectivity index (χ4v) is 0.497. The number of ether oxygens (including phenoxy) is 1. The van der Waals surface area contributed by atoms with Crippen LogP contribution in [0.1, 0.15) is 13.8 Å². The van der Waals surface area contributed by atoms with Crippen LogP contribution in [-0.4, -0.2) is 24.0 Å². The van der Waals surface area contributed by atoms with E-state index in [0.717, 1.165) is 0 Å². The van der Waals surface area contributed by atoms with Crippen LogP contribution in [0, 0.1) is 5.92 Å². The van der Waals surface area contributed by atoms with E-state index in [9.17, 15) is 4.79 Å². The van der Waals surface area contributed by atoms with E-state index in [1.165, 1.54) is 7.11 Å². The highest BCUT2D eigenvalue weighted by Gasteiger charge is 2.15. The molecule has 0 amide bonds. The van der Waals surface area contributed by atoms with E-state index in [2.05, 4.69) is 9.89 Å². The van der Waals surface area contributed by atoms with Crippen LogP contribution in [0.2, 0.25) is 0 Å². The van der Waals surface area contributed by atoms with Crippen LogP contribution in [0.3, 0.4) is 0 Å². The minimum Gasteiger partial charge on any atom is -0.464 e. The molecule has 0 aliphatic carbocycles. The third kappa shape index (κ3) is 2.05. The van der Waals surface area contributed by atoms with Crippen LogP contribution in [-0.2, 0) is 9.53 Å². The zero-order valence-corrected chi connectivity index (χ0v) is 6.29. The molecule has 0 radical (unpaired) electrons. The Morgan fingerprint density at radius 3 is 2.20 bits per heavy atom. The number of carbonyl (C=O) groups excluding carboxylic acids is 1. The summed E-state index contributed by atoms with van der Waals surface area (Å²) in [6, 6.07) is 0. The number of esters is 1. The minimum absolute atomic E-state index is 0.0440. The molecule has 0 atom stereocenters. The van der Waals surface area contributed by atoms with E-state index in [0.29, 0.717) is 0 Å². The van der Waals surface area contributed by atoms with Gasteiger partial charge in [-0.15, -0.1) is 0 Å². The van der Waals surface area contributed by atoms with Gasteiger partial charge >= 0.3 is 5.97 Å². The van der Waals surface area contributed by atoms with Crippen molar-refractivity contribution in [3.05, 3.63) is 0 Å². The van der Waals surface area contributed by atoms with E-state index in [4.69, 9.17) is 5.21 Å². The molecular weight excluding hydrogens is 134 g/mol. The summed E-state index contributed by atoms with van der Waals surface area (Å²) in [6.45, 7) is 3.48. The Hall–Kier alpha value is -1.06. The summed E-state index contributed by atoms with van der Waals surface area (Å²) in [6.07, 6.45) is 0. The van der Waals surface area contributed by atoms with Gasteiger partial charge in [0.1, 0.15) is 0 Å². The van der Waals surface area contributed by atoms with Crippen molar-refractivity contribution in [3.8, 4) is 0 Å². The van der Waals surface area contributed by atoms with Crippen LogP contribution >= 0.6 is 0 Å². The van der Waals surface area contributed by atoms with Gasteiger partial charge in [-0.3, -0.25) is 0 Å². The summed E-state index contributed by atoms with van der Waals surface area (Å²) >= 11 is 0. The van der Waals surface area contributed by atoms with Crippen molar-refractivity contribution < 1.29 is 14.7 Å². The second kappa shape index (κ2) is 3.87. The third-order valence-electron chi connectivity index (χ3n) is 1.05. The SMILES string of the molecule is COC(=O)/C(=N/O)C(C)C. The molecule has 0 saturated heterocycles. The Labute approximate surface area is 59.5 Å². The van der Waals surface area contributed by atoms with E-state index < -0.39 is 5.97 Å². The summed E-state index contributed by atoms with van der Waals surface area (Å²) in [4.78, 5) is 10.7. The molecule has 0 unspecified atom stereocenters. The van der Waals surface area contributed by atoms with Crippen molar-refractivity contribution in [1.82, 2.24) is 0 Å². The molecule has 0 rings (SSSR count). The lowest BCUT2D eigenvalue weighted by molar-refractivity contribution is -0.133. The molecule has 0 spiro atoms. The number of nitrogens with zero attached hydrogens (tertiary/aromatic N) is 1. The molecule has 0 saturated carbocycles. The van der Waals surface area contributed by atoms with Crippen molar-refractivity contribution in [1.29, 1.82) is 0 Å². The topological polar surface area (TPSA) is 58.9 Å². The first kappa shape index (κ1) is 8.94. The van der Waals surface area contributed by atoms with Crippen LogP contribution in [0.25, 0.3) is 0 Å². The Kier molecular flexibility index (Phi) is 3.46. The third-order valence-corrected chi connectivity index (χ3v) is 1.05. The lowest BCUT2D eigenvalue weighted by Gasteiger charge is -2.03. The number of hydrogen-bond acceptors (Lipinski definition) is 4. The van der Waals surface area contributed by atoms with Gasteiger partial charge < -0.3 is 9.94 Å². The van der Waals surface area contributed by atoms with Gasteiger partial charge in [0.15, 0.2) is 5.71 Å². The van der Waals surface area contributed by atoms with Crippen molar-refractivity contribution in [3.63, 3.8) is 0 Å². The molecule has 4 heteroatoms. The van der Waals surface area contributed by atoms with Crippen LogP contribution < -0.4 is 0 Å². The zero-order chi connectivity index (χ0) is 8.15. The molecule has 0 fully saturated rings. The minimum atomic E-state index is -0.586. The maximum atomic E-state index is 10.7. The molecule has 0 aromatic carbocycles. The van der Waals surface area contributed by atoms with E-state index in [1.807, 2.05) is 0 Å². The quantitative estimate of drug-likeness (QED) is 0.268. The Balaban J connectivity index is 4.24. The standard InChI is InChI=1S/C6H11NO3/c1-4(2)5(7-9)6(8)10-3/h4,9H,1-3H3/b7-5+. The number of rotatable bonds is 2. The summed E-state index contributed by atoms with van der Waals surface area (Å²) in [5.41, 5.74) is 0.0440. The second-order valence-corrected chi connectivity index (χ2v) is 2.13. The Morgan fingerprint density at radius 2 is 2.10 bits per heavy atom. The molecule has 0 aliphatic heterocycles. The summed E-state index contributed by atoms with van der Waals surface area (Å²) < 4.78 is 4.33. The lowest BCUT2D eigenvalue weighted by Crippen LogP contribution is -2.21. The molecule has 0 heterocycles. The van der Waals surface area contributed by atoms with Gasteiger partial charge in [-0.25, -0.2) is 4.79 Å². The summed E-state index contributed by atoms with van der Waals surface area (Å²) in [5, 5.41) is 11.1. The molecule has 0 aromatic heterocycles. The van der Waals surface area contributed by atoms with Gasteiger partial charge in [0.2, 0.25) is 0 Å². The maximum Gasteiger partial charge on any atom is 0.356 e. The molecule has 58 valence electrons. The normalized spacial score (nSPS) is 11.8. The highest BCUT2D eigenvalue weighted by atomic mass is 16.5. The predicted octanol–water partition coefficient (Wildman–Crippen LogP) is 0.646. The van der Waals surface area contributed by atoms with Crippen molar-refractivity contribution in [2.24, 2.45) is 11.1 Å². The fourth-order valence-electron chi connectivity index (χ4n) is 0.497. The second-order valence-electron chi connectivity index (χ2n) is 2.13. The van der Waals surface area contributed by atoms with Crippen LogP contribution in [0.5, 0.6) is 0 Å². The number of oxime groups is 1. The Bertz CT molecular complexity index is 151. The number of hydrogen-bond donors (Lipinski definition) is 1. The average molecular weight is 145 g/mol. The average Bonchev–Trinajstić information content (AvgIpc) is 1.88. The maximum absolute atomic E-state index is 10.7. The smallest absolute Gasteiger partial charge is 0.356 e. The van der Waals surface area contributed by atoms with Gasteiger partial charge in [0, 0.05) is 5.92 Å². The first-order valence-electron chi connectivity index (χ1n) is 2.93. The molecule has 10 heavy (non-hydrogen) atoms. The summed E-state index contributed by atoms with van der Waals surface area (Å²) in [5.74, 6) is -0.699. The molecule has 0 bridgehead atoms. The van der Waals surface area contributed by atoms with Crippen molar-refractivity contribution in [2.45, 2.75) is 13.8 Å². The largest absolute Gasteiger partial charge is 0.464 e. The number of carbonyl (C=O) groups is 1. The van der Waals surface area contributed by atoms with Crippen molar-refractivity contribution >= 4 is 11.7 Å². The first-order chi connectivity index (χ1) is 4.63.